The molecule has 26 heavy (non-hydrogen) atoms. The molecule has 1 heterocycles. The number of imidazole rings is 1. The van der Waals surface area contributed by atoms with Crippen LogP contribution < -0.4 is 5.32 Å². The predicted molar refractivity (Wildman–Crippen MR) is 103 cm³/mol. The van der Waals surface area contributed by atoms with Crippen LogP contribution in [0.4, 0.5) is 0 Å². The fourth-order valence-corrected chi connectivity index (χ4v) is 7.06. The lowest BCUT2D eigenvalue weighted by molar-refractivity contribution is -0.144. The van der Waals surface area contributed by atoms with Gasteiger partial charge in [-0.1, -0.05) is 12.1 Å². The van der Waals surface area contributed by atoms with Gasteiger partial charge in [-0.2, -0.15) is 0 Å². The van der Waals surface area contributed by atoms with E-state index in [2.05, 4.69) is 20.9 Å². The first-order chi connectivity index (χ1) is 12.5. The average molecular weight is 372 g/mol. The minimum absolute atomic E-state index is 0.113. The van der Waals surface area contributed by atoms with Crippen LogP contribution in [0.5, 0.6) is 0 Å². The summed E-state index contributed by atoms with van der Waals surface area (Å²) in [7, 11) is 0. The van der Waals surface area contributed by atoms with Gasteiger partial charge in [-0.3, -0.25) is 4.79 Å². The van der Waals surface area contributed by atoms with Crippen LogP contribution in [0.1, 0.15) is 44.3 Å². The van der Waals surface area contributed by atoms with E-state index in [0.717, 1.165) is 55.5 Å². The van der Waals surface area contributed by atoms with E-state index >= 15 is 0 Å². The van der Waals surface area contributed by atoms with Crippen molar-refractivity contribution in [3.8, 4) is 0 Å². The highest BCUT2D eigenvalue weighted by molar-refractivity contribution is 6.24. The van der Waals surface area contributed by atoms with E-state index < -0.39 is 0 Å². The zero-order chi connectivity index (χ0) is 17.9. The highest BCUT2D eigenvalue weighted by Gasteiger charge is 2.59. The second-order valence-electron chi connectivity index (χ2n) is 8.95. The quantitative estimate of drug-likeness (QED) is 0.824. The molecule has 4 saturated carbocycles. The minimum atomic E-state index is -0.210. The van der Waals surface area contributed by atoms with Gasteiger partial charge in [0.15, 0.2) is 0 Å². The molecule has 4 fully saturated rings. The first-order valence-electron chi connectivity index (χ1n) is 9.86. The summed E-state index contributed by atoms with van der Waals surface area (Å²) in [6.45, 7) is 3.43. The number of hydrogen-bond donors (Lipinski definition) is 1. The van der Waals surface area contributed by atoms with Gasteiger partial charge in [0.1, 0.15) is 5.82 Å². The first-order valence-corrected chi connectivity index (χ1v) is 10.2. The monoisotopic (exact) mass is 371 g/mol. The number of halogens is 1. The van der Waals surface area contributed by atoms with Crippen LogP contribution in [-0.2, 0) is 11.3 Å². The molecule has 0 unspecified atom stereocenters. The molecule has 4 bridgehead atoms. The molecule has 4 nitrogen and oxygen atoms in total. The second kappa shape index (κ2) is 5.72. The smallest absolute Gasteiger partial charge is 0.226 e. The summed E-state index contributed by atoms with van der Waals surface area (Å²) in [5.41, 5.74) is 1.94. The molecule has 1 amide bonds. The van der Waals surface area contributed by atoms with E-state index in [1.807, 2.05) is 25.1 Å². The SMILES string of the molecule is Cc1nc2ccccc2n1CCNC(=O)C12C[C@H]3C[C@@H](CC(Cl)(C3)C1)C2. The molecule has 5 heteroatoms. The number of rotatable bonds is 4. The number of aryl methyl sites for hydroxylation is 1. The van der Waals surface area contributed by atoms with Crippen LogP contribution in [0, 0.1) is 24.2 Å². The molecule has 0 saturated heterocycles. The third-order valence-corrected chi connectivity index (χ3v) is 7.38. The second-order valence-corrected chi connectivity index (χ2v) is 9.75. The van der Waals surface area contributed by atoms with Crippen molar-refractivity contribution in [2.45, 2.75) is 56.9 Å². The summed E-state index contributed by atoms with van der Waals surface area (Å²) >= 11 is 6.87. The van der Waals surface area contributed by atoms with E-state index in [-0.39, 0.29) is 16.2 Å². The zero-order valence-corrected chi connectivity index (χ0v) is 16.1. The van der Waals surface area contributed by atoms with Crippen LogP contribution in [-0.4, -0.2) is 26.9 Å². The Morgan fingerprint density at radius 3 is 2.73 bits per heavy atom. The topological polar surface area (TPSA) is 46.9 Å². The molecule has 4 aliphatic carbocycles. The van der Waals surface area contributed by atoms with Crippen molar-refractivity contribution in [2.75, 3.05) is 6.54 Å². The molecular weight excluding hydrogens is 346 g/mol. The number of para-hydroxylation sites is 2. The molecule has 138 valence electrons. The van der Waals surface area contributed by atoms with Crippen molar-refractivity contribution in [2.24, 2.45) is 17.3 Å². The van der Waals surface area contributed by atoms with Crippen molar-refractivity contribution in [1.82, 2.24) is 14.9 Å². The summed E-state index contributed by atoms with van der Waals surface area (Å²) in [5.74, 6) is 2.53. The lowest BCUT2D eigenvalue weighted by Gasteiger charge is -2.59. The molecule has 0 spiro atoms. The summed E-state index contributed by atoms with van der Waals surface area (Å²) in [6, 6.07) is 8.17. The van der Waals surface area contributed by atoms with Gasteiger partial charge in [0, 0.05) is 18.0 Å². The lowest BCUT2D eigenvalue weighted by Crippen LogP contribution is -2.58. The van der Waals surface area contributed by atoms with E-state index in [1.165, 1.54) is 6.42 Å². The molecule has 6 rings (SSSR count). The van der Waals surface area contributed by atoms with Gasteiger partial charge in [0.25, 0.3) is 0 Å². The Morgan fingerprint density at radius 2 is 2.00 bits per heavy atom. The van der Waals surface area contributed by atoms with Gasteiger partial charge in [-0.15, -0.1) is 11.6 Å². The number of nitrogens with one attached hydrogen (secondary N) is 1. The Kier molecular flexibility index (Phi) is 3.66. The van der Waals surface area contributed by atoms with Crippen molar-refractivity contribution < 1.29 is 4.79 Å². The van der Waals surface area contributed by atoms with Gasteiger partial charge in [-0.25, -0.2) is 4.98 Å². The maximum atomic E-state index is 13.1. The summed E-state index contributed by atoms with van der Waals surface area (Å²) in [5, 5.41) is 3.24. The maximum Gasteiger partial charge on any atom is 0.226 e. The van der Waals surface area contributed by atoms with Crippen LogP contribution in [0.15, 0.2) is 24.3 Å². The Bertz CT molecular complexity index is 859. The number of nitrogens with zero attached hydrogens (tertiary/aromatic N) is 2. The Morgan fingerprint density at radius 1 is 1.27 bits per heavy atom. The maximum absolute atomic E-state index is 13.1. The highest BCUT2D eigenvalue weighted by atomic mass is 35.5. The number of carbonyl (C=O) groups is 1. The van der Waals surface area contributed by atoms with E-state index in [9.17, 15) is 4.79 Å². The van der Waals surface area contributed by atoms with Gasteiger partial charge in [-0.05, 0) is 69.4 Å². The Balaban J connectivity index is 1.29. The Labute approximate surface area is 159 Å². The van der Waals surface area contributed by atoms with Crippen molar-refractivity contribution in [3.05, 3.63) is 30.1 Å². The zero-order valence-electron chi connectivity index (χ0n) is 15.3. The van der Waals surface area contributed by atoms with Crippen LogP contribution in [0.25, 0.3) is 11.0 Å². The summed E-state index contributed by atoms with van der Waals surface area (Å²) in [4.78, 5) is 17.6. The third kappa shape index (κ3) is 2.57. The fraction of sp³-hybridized carbons (Fsp3) is 0.619. The van der Waals surface area contributed by atoms with Crippen molar-refractivity contribution >= 4 is 28.5 Å². The van der Waals surface area contributed by atoms with Crippen molar-refractivity contribution in [1.29, 1.82) is 0 Å². The summed E-state index contributed by atoms with van der Waals surface area (Å²) < 4.78 is 2.19. The lowest BCUT2D eigenvalue weighted by atomic mass is 9.49. The predicted octanol–water partition coefficient (Wildman–Crippen LogP) is 4.04. The molecule has 0 aliphatic heterocycles. The molecule has 4 aliphatic rings. The van der Waals surface area contributed by atoms with E-state index in [0.29, 0.717) is 18.4 Å². The number of aromatic nitrogens is 2. The molecule has 1 aromatic heterocycles. The molecule has 2 aromatic rings. The normalized spacial score (nSPS) is 35.2. The third-order valence-electron chi connectivity index (χ3n) is 6.94. The van der Waals surface area contributed by atoms with E-state index in [4.69, 9.17) is 11.6 Å². The van der Waals surface area contributed by atoms with Gasteiger partial charge < -0.3 is 9.88 Å². The molecule has 2 atom stereocenters. The van der Waals surface area contributed by atoms with E-state index in [1.54, 1.807) is 0 Å². The van der Waals surface area contributed by atoms with Crippen LogP contribution in [0.2, 0.25) is 0 Å². The van der Waals surface area contributed by atoms with Crippen molar-refractivity contribution in [3.63, 3.8) is 0 Å². The number of carbonyl (C=O) groups excluding carboxylic acids is 1. The minimum Gasteiger partial charge on any atom is -0.354 e. The van der Waals surface area contributed by atoms with Gasteiger partial charge >= 0.3 is 0 Å². The standard InChI is InChI=1S/C21H26ClN3O/c1-14-24-17-4-2-3-5-18(17)25(14)7-6-23-19(26)20-9-15-8-16(10-20)12-21(22,11-15)13-20/h2-5,15-16H,6-13H2,1H3,(H,23,26)/t15-,16-,20?,21?/m1/s1. The Hall–Kier alpha value is -1.55. The first kappa shape index (κ1) is 16.6. The molecule has 1 aromatic carbocycles. The number of benzene rings is 1. The average Bonchev–Trinajstić information content (AvgIpc) is 2.88. The number of fused-ring (bicyclic) bond motifs is 1. The molecule has 1 N–H and O–H groups in total. The largest absolute Gasteiger partial charge is 0.354 e. The molecule has 0 radical (unpaired) electrons. The number of amides is 1. The van der Waals surface area contributed by atoms with Gasteiger partial charge in [0.05, 0.1) is 16.4 Å². The fourth-order valence-electron chi connectivity index (χ4n) is 6.36. The number of hydrogen-bond acceptors (Lipinski definition) is 2. The van der Waals surface area contributed by atoms with Gasteiger partial charge in [0.2, 0.25) is 5.91 Å². The summed E-state index contributed by atoms with van der Waals surface area (Å²) in [6.07, 6.45) is 6.45. The van der Waals surface area contributed by atoms with Crippen LogP contribution in [0.3, 0.4) is 0 Å². The highest BCUT2D eigenvalue weighted by Crippen LogP contribution is 2.63. The molecular formula is C21H26ClN3O. The van der Waals surface area contributed by atoms with Crippen LogP contribution >= 0.6 is 11.6 Å². The number of alkyl halides is 1.